The molecule has 7 rings (SSSR count). The first kappa shape index (κ1) is 25.3. The largest absolute Gasteiger partial charge is 0.413 e. The zero-order valence-corrected chi connectivity index (χ0v) is 22.1. The lowest BCUT2D eigenvalue weighted by Crippen LogP contribution is -2.62. The first-order valence-corrected chi connectivity index (χ1v) is 13.5. The van der Waals surface area contributed by atoms with Gasteiger partial charge in [0.1, 0.15) is 6.10 Å². The minimum Gasteiger partial charge on any atom is -0.388 e. The molecule has 5 aliphatic rings. The highest BCUT2D eigenvalue weighted by Crippen LogP contribution is 2.70. The van der Waals surface area contributed by atoms with Crippen LogP contribution in [0.4, 0.5) is 19.0 Å². The second kappa shape index (κ2) is 7.75. The molecule has 7 atom stereocenters. The number of ether oxygens (including phenoxy) is 1. The van der Waals surface area contributed by atoms with Crippen molar-refractivity contribution in [3.05, 3.63) is 52.6 Å². The lowest BCUT2D eigenvalue weighted by atomic mass is 9.56. The van der Waals surface area contributed by atoms with E-state index in [1.807, 2.05) is 44.1 Å². The minimum atomic E-state index is -4.57. The minimum absolute atomic E-state index is 0.140. The molecule has 208 valence electrons. The average Bonchev–Trinajstić information content (AvgIpc) is 3.52. The lowest BCUT2D eigenvalue weighted by molar-refractivity contribution is -0.170. The van der Waals surface area contributed by atoms with Gasteiger partial charge in [-0.3, -0.25) is 5.10 Å². The summed E-state index contributed by atoms with van der Waals surface area (Å²) in [6, 6.07) is 5.31. The molecule has 10 heteroatoms. The highest BCUT2D eigenvalue weighted by atomic mass is 19.4. The number of aromatic amines is 1. The number of rotatable bonds is 2. The van der Waals surface area contributed by atoms with E-state index in [0.717, 1.165) is 22.0 Å². The summed E-state index contributed by atoms with van der Waals surface area (Å²) in [6.45, 7) is 1.94. The van der Waals surface area contributed by atoms with Gasteiger partial charge < -0.3 is 25.6 Å². The number of aliphatic hydroxyl groups excluding tert-OH is 2. The third-order valence-corrected chi connectivity index (χ3v) is 10.4. The number of nitrogens with two attached hydrogens (primary N) is 1. The molecular formula is C29H33F3N4O3. The number of nitrogens with one attached hydrogen (secondary N) is 1. The van der Waals surface area contributed by atoms with E-state index < -0.39 is 40.6 Å². The van der Waals surface area contributed by atoms with Crippen molar-refractivity contribution >= 4 is 22.3 Å². The first-order valence-electron chi connectivity index (χ1n) is 13.5. The number of benzene rings is 1. The first-order chi connectivity index (χ1) is 18.3. The predicted octanol–water partition coefficient (Wildman–Crippen LogP) is 4.10. The molecule has 2 bridgehead atoms. The molecular weight excluding hydrogens is 509 g/mol. The number of hydrogen-bond acceptors (Lipinski definition) is 6. The van der Waals surface area contributed by atoms with E-state index in [4.69, 9.17) is 10.5 Å². The maximum atomic E-state index is 14.9. The number of H-pyrrole nitrogens is 1. The molecule has 2 spiro atoms. The molecule has 1 aromatic heterocycles. The normalized spacial score (nSPS) is 39.5. The summed E-state index contributed by atoms with van der Waals surface area (Å²) in [4.78, 5) is 1.86. The predicted molar refractivity (Wildman–Crippen MR) is 140 cm³/mol. The molecule has 3 aliphatic carbocycles. The molecule has 39 heavy (non-hydrogen) atoms. The number of hydrogen-bond donors (Lipinski definition) is 4. The number of anilines is 1. The Morgan fingerprint density at radius 2 is 1.97 bits per heavy atom. The molecule has 1 aromatic carbocycles. The van der Waals surface area contributed by atoms with Gasteiger partial charge in [-0.1, -0.05) is 25.1 Å². The monoisotopic (exact) mass is 542 g/mol. The smallest absolute Gasteiger partial charge is 0.388 e. The molecule has 2 aliphatic heterocycles. The molecule has 3 heterocycles. The molecule has 7 nitrogen and oxygen atoms in total. The van der Waals surface area contributed by atoms with Crippen molar-refractivity contribution in [2.45, 2.75) is 74.7 Å². The number of fused-ring (bicyclic) bond motifs is 2. The standard InChI is InChI=1S/C29H33F3N4O3/c1-26-12-19(29(30,31)32)17-11-18-23(37)24(38)21(36(2)3)13-27(18)8-9-28(17,39-27)22(26)7-6-16(26)14-4-5-15-20(10-14)34-35-25(15)33/h4-6,10-11,21-24,37-38H,7-9,12-13H2,1-3H3,(H3,33,34,35). The molecule has 2 fully saturated rings. The van der Waals surface area contributed by atoms with Crippen molar-refractivity contribution in [3.63, 3.8) is 0 Å². The number of allylic oxidation sites excluding steroid dienone is 3. The van der Waals surface area contributed by atoms with E-state index in [9.17, 15) is 23.4 Å². The Hall–Kier alpha value is -2.66. The van der Waals surface area contributed by atoms with Crippen molar-refractivity contribution in [2.75, 3.05) is 19.8 Å². The van der Waals surface area contributed by atoms with Crippen molar-refractivity contribution in [3.8, 4) is 0 Å². The number of nitrogen functional groups attached to an aromatic ring is 1. The van der Waals surface area contributed by atoms with E-state index >= 15 is 0 Å². The van der Waals surface area contributed by atoms with Crippen LogP contribution in [-0.2, 0) is 4.74 Å². The third-order valence-electron chi connectivity index (χ3n) is 10.4. The summed E-state index contributed by atoms with van der Waals surface area (Å²) in [5, 5.41) is 29.8. The molecule has 0 amide bonds. The number of halogens is 3. The van der Waals surface area contributed by atoms with Gasteiger partial charge in [-0.25, -0.2) is 0 Å². The Bertz CT molecular complexity index is 1490. The van der Waals surface area contributed by atoms with Gasteiger partial charge >= 0.3 is 6.18 Å². The number of aliphatic hydroxyl groups is 2. The van der Waals surface area contributed by atoms with Crippen LogP contribution in [0.5, 0.6) is 0 Å². The number of likely N-dealkylation sites (N-methyl/N-ethyl adjacent to an activating group) is 1. The summed E-state index contributed by atoms with van der Waals surface area (Å²) in [7, 11) is 3.67. The molecule has 1 saturated carbocycles. The third kappa shape index (κ3) is 3.17. The second-order valence-electron chi connectivity index (χ2n) is 12.5. The highest BCUT2D eigenvalue weighted by Gasteiger charge is 2.69. The van der Waals surface area contributed by atoms with Gasteiger partial charge in [-0.2, -0.15) is 18.3 Å². The molecule has 1 saturated heterocycles. The van der Waals surface area contributed by atoms with Crippen molar-refractivity contribution < 1.29 is 28.1 Å². The van der Waals surface area contributed by atoms with Crippen LogP contribution in [0.25, 0.3) is 16.5 Å². The van der Waals surface area contributed by atoms with Gasteiger partial charge in [0.15, 0.2) is 5.82 Å². The van der Waals surface area contributed by atoms with E-state index in [1.165, 1.54) is 0 Å². The molecule has 7 unspecified atom stereocenters. The summed E-state index contributed by atoms with van der Waals surface area (Å²) in [5.41, 5.74) is 5.49. The SMILES string of the molecule is CN(C)C1CC23CCC4(O2)C(=C(C(F)(F)F)CC2(C)C(c5ccc6c(N)n[nH]c6c5)=CCC24)C=C3C(O)C1O. The summed E-state index contributed by atoms with van der Waals surface area (Å²) >= 11 is 0. The van der Waals surface area contributed by atoms with Crippen molar-refractivity contribution in [1.82, 2.24) is 15.1 Å². The van der Waals surface area contributed by atoms with Gasteiger partial charge in [0.05, 0.1) is 22.8 Å². The summed E-state index contributed by atoms with van der Waals surface area (Å²) < 4.78 is 51.5. The fourth-order valence-electron chi connectivity index (χ4n) is 8.58. The van der Waals surface area contributed by atoms with Crippen LogP contribution < -0.4 is 5.73 Å². The van der Waals surface area contributed by atoms with Crippen LogP contribution in [0.3, 0.4) is 0 Å². The van der Waals surface area contributed by atoms with E-state index in [0.29, 0.717) is 37.1 Å². The highest BCUT2D eigenvalue weighted by molar-refractivity contribution is 5.91. The van der Waals surface area contributed by atoms with Crippen LogP contribution in [0.15, 0.2) is 47.1 Å². The molecule has 2 aromatic rings. The second-order valence-corrected chi connectivity index (χ2v) is 12.5. The Labute approximate surface area is 224 Å². The lowest BCUT2D eigenvalue weighted by Gasteiger charge is -2.57. The topological polar surface area (TPSA) is 108 Å². The van der Waals surface area contributed by atoms with E-state index in [1.54, 1.807) is 6.08 Å². The zero-order chi connectivity index (χ0) is 27.7. The van der Waals surface area contributed by atoms with E-state index in [2.05, 4.69) is 16.3 Å². The average molecular weight is 543 g/mol. The zero-order valence-electron chi connectivity index (χ0n) is 22.1. The van der Waals surface area contributed by atoms with Crippen molar-refractivity contribution in [2.24, 2.45) is 11.3 Å². The fourth-order valence-corrected chi connectivity index (χ4v) is 8.58. The maximum absolute atomic E-state index is 14.9. The van der Waals surface area contributed by atoms with Crippen LogP contribution in [0.1, 0.15) is 44.6 Å². The maximum Gasteiger partial charge on any atom is 0.413 e. The quantitative estimate of drug-likeness (QED) is 0.455. The Kier molecular flexibility index (Phi) is 5.03. The van der Waals surface area contributed by atoms with E-state index in [-0.39, 0.29) is 24.0 Å². The molecule has 5 N–H and O–H groups in total. The Morgan fingerprint density at radius 3 is 2.69 bits per heavy atom. The Balaban J connectivity index is 1.39. The number of nitrogens with zero attached hydrogens (tertiary/aromatic N) is 2. The van der Waals surface area contributed by atoms with Gasteiger partial charge in [-0.15, -0.1) is 0 Å². The fraction of sp³-hybridized carbons (Fsp3) is 0.552. The van der Waals surface area contributed by atoms with Gasteiger partial charge in [0, 0.05) is 28.3 Å². The summed E-state index contributed by atoms with van der Waals surface area (Å²) in [6.07, 6.45) is -1.58. The van der Waals surface area contributed by atoms with Crippen LogP contribution in [0, 0.1) is 11.3 Å². The van der Waals surface area contributed by atoms with Crippen LogP contribution in [-0.4, -0.2) is 75.0 Å². The number of aromatic nitrogens is 2. The van der Waals surface area contributed by atoms with Gasteiger partial charge in [0.2, 0.25) is 0 Å². The Morgan fingerprint density at radius 1 is 1.21 bits per heavy atom. The summed E-state index contributed by atoms with van der Waals surface area (Å²) in [5.74, 6) is 0.178. The number of alkyl halides is 3. The van der Waals surface area contributed by atoms with Gasteiger partial charge in [-0.05, 0) is 80.6 Å². The molecule has 0 radical (unpaired) electrons. The van der Waals surface area contributed by atoms with Crippen LogP contribution in [0.2, 0.25) is 0 Å². The van der Waals surface area contributed by atoms with Crippen LogP contribution >= 0.6 is 0 Å². The van der Waals surface area contributed by atoms with Gasteiger partial charge in [0.25, 0.3) is 0 Å². The van der Waals surface area contributed by atoms with Crippen molar-refractivity contribution in [1.29, 1.82) is 0 Å².